The SMILES string of the molecule is CCC(CC)(CN)NC(=O)CCc1ncc(-c2ccc(Cl)cc2)o1.Cl.Cl. The Labute approximate surface area is 171 Å². The average Bonchev–Trinajstić information content (AvgIpc) is 3.08. The molecule has 2 rings (SSSR count). The first-order valence-electron chi connectivity index (χ1n) is 8.23. The quantitative estimate of drug-likeness (QED) is 0.660. The summed E-state index contributed by atoms with van der Waals surface area (Å²) in [7, 11) is 0. The molecule has 1 aromatic carbocycles. The Hall–Kier alpha value is -1.27. The lowest BCUT2D eigenvalue weighted by Gasteiger charge is -2.31. The summed E-state index contributed by atoms with van der Waals surface area (Å²) in [6.45, 7) is 4.50. The summed E-state index contributed by atoms with van der Waals surface area (Å²) in [4.78, 5) is 16.4. The van der Waals surface area contributed by atoms with Crippen molar-refractivity contribution in [2.24, 2.45) is 5.73 Å². The number of oxazole rings is 1. The first kappa shape index (κ1) is 24.7. The van der Waals surface area contributed by atoms with E-state index in [1.807, 2.05) is 26.0 Å². The second kappa shape index (κ2) is 11.4. The molecule has 0 atom stereocenters. The van der Waals surface area contributed by atoms with Crippen LogP contribution >= 0.6 is 36.4 Å². The Morgan fingerprint density at radius 2 is 1.85 bits per heavy atom. The van der Waals surface area contributed by atoms with Gasteiger partial charge in [-0.25, -0.2) is 4.98 Å². The van der Waals surface area contributed by atoms with E-state index in [0.29, 0.717) is 36.1 Å². The highest BCUT2D eigenvalue weighted by atomic mass is 35.5. The molecule has 8 heteroatoms. The summed E-state index contributed by atoms with van der Waals surface area (Å²) in [5, 5.41) is 3.72. The number of carbonyl (C=O) groups excluding carboxylic acids is 1. The van der Waals surface area contributed by atoms with Crippen molar-refractivity contribution in [2.45, 2.75) is 45.1 Å². The third-order valence-corrected chi connectivity index (χ3v) is 4.65. The van der Waals surface area contributed by atoms with Gasteiger partial charge in [0.05, 0.1) is 11.7 Å². The molecule has 0 bridgehead atoms. The molecule has 3 N–H and O–H groups in total. The van der Waals surface area contributed by atoms with Gasteiger partial charge in [0.15, 0.2) is 11.7 Å². The molecule has 0 saturated carbocycles. The van der Waals surface area contributed by atoms with Crippen LogP contribution in [0.15, 0.2) is 34.9 Å². The highest BCUT2D eigenvalue weighted by Gasteiger charge is 2.26. The number of rotatable bonds is 8. The van der Waals surface area contributed by atoms with Gasteiger partial charge in [-0.3, -0.25) is 4.79 Å². The summed E-state index contributed by atoms with van der Waals surface area (Å²) >= 11 is 5.88. The van der Waals surface area contributed by atoms with E-state index in [2.05, 4.69) is 10.3 Å². The standard InChI is InChI=1S/C18H24ClN3O2.2ClH/c1-3-18(4-2,12-20)22-16(23)9-10-17-21-11-15(24-17)13-5-7-14(19)8-6-13;;/h5-8,11H,3-4,9-10,12,20H2,1-2H3,(H,22,23);2*1H. The molecule has 1 heterocycles. The number of benzene rings is 1. The second-order valence-corrected chi connectivity index (χ2v) is 6.30. The van der Waals surface area contributed by atoms with E-state index in [1.54, 1.807) is 18.3 Å². The van der Waals surface area contributed by atoms with Crippen LogP contribution in [0.2, 0.25) is 5.02 Å². The van der Waals surface area contributed by atoms with E-state index < -0.39 is 0 Å². The van der Waals surface area contributed by atoms with Gasteiger partial charge in [0.2, 0.25) is 5.91 Å². The number of nitrogens with one attached hydrogen (secondary N) is 1. The van der Waals surface area contributed by atoms with Crippen LogP contribution in [-0.2, 0) is 11.2 Å². The number of aryl methyl sites for hydroxylation is 1. The Kier molecular flexibility index (Phi) is 10.9. The van der Waals surface area contributed by atoms with E-state index in [-0.39, 0.29) is 36.3 Å². The van der Waals surface area contributed by atoms with E-state index in [1.165, 1.54) is 0 Å². The fourth-order valence-electron chi connectivity index (χ4n) is 2.52. The molecule has 0 aliphatic heterocycles. The average molecular weight is 423 g/mol. The largest absolute Gasteiger partial charge is 0.441 e. The molecular weight excluding hydrogens is 397 g/mol. The van der Waals surface area contributed by atoms with Gasteiger partial charge in [0.25, 0.3) is 0 Å². The van der Waals surface area contributed by atoms with Gasteiger partial charge in [0, 0.05) is 30.0 Å². The van der Waals surface area contributed by atoms with Crippen LogP contribution in [0.1, 0.15) is 39.0 Å². The molecule has 0 aliphatic carbocycles. The van der Waals surface area contributed by atoms with Gasteiger partial charge in [-0.05, 0) is 37.1 Å². The lowest BCUT2D eigenvalue weighted by atomic mass is 9.92. The zero-order chi connectivity index (χ0) is 17.6. The molecule has 0 fully saturated rings. The summed E-state index contributed by atoms with van der Waals surface area (Å²) in [5.41, 5.74) is 6.39. The van der Waals surface area contributed by atoms with Crippen molar-refractivity contribution in [2.75, 3.05) is 6.54 Å². The van der Waals surface area contributed by atoms with Crippen LogP contribution in [0.4, 0.5) is 0 Å². The third kappa shape index (κ3) is 6.47. The number of halogens is 3. The molecule has 0 spiro atoms. The van der Waals surface area contributed by atoms with Crippen LogP contribution < -0.4 is 11.1 Å². The molecule has 0 unspecified atom stereocenters. The second-order valence-electron chi connectivity index (χ2n) is 5.86. The maximum absolute atomic E-state index is 12.2. The van der Waals surface area contributed by atoms with Crippen LogP contribution in [0.3, 0.4) is 0 Å². The van der Waals surface area contributed by atoms with Crippen LogP contribution in [0, 0.1) is 0 Å². The molecular formula is C18H26Cl3N3O2. The Balaban J connectivity index is 0.00000312. The van der Waals surface area contributed by atoms with Crippen LogP contribution in [0.5, 0.6) is 0 Å². The predicted molar refractivity (Wildman–Crippen MR) is 110 cm³/mol. The predicted octanol–water partition coefficient (Wildman–Crippen LogP) is 4.40. The van der Waals surface area contributed by atoms with Gasteiger partial charge in [-0.15, -0.1) is 24.8 Å². The summed E-state index contributed by atoms with van der Waals surface area (Å²) in [6.07, 6.45) is 4.06. The minimum Gasteiger partial charge on any atom is -0.441 e. The van der Waals surface area contributed by atoms with Crippen molar-refractivity contribution in [3.63, 3.8) is 0 Å². The smallest absolute Gasteiger partial charge is 0.220 e. The molecule has 0 radical (unpaired) electrons. The number of nitrogens with zero attached hydrogens (tertiary/aromatic N) is 1. The topological polar surface area (TPSA) is 81.1 Å². The lowest BCUT2D eigenvalue weighted by molar-refractivity contribution is -0.123. The maximum Gasteiger partial charge on any atom is 0.220 e. The molecule has 146 valence electrons. The van der Waals surface area contributed by atoms with Crippen molar-refractivity contribution < 1.29 is 9.21 Å². The normalized spacial score (nSPS) is 10.6. The number of carbonyl (C=O) groups is 1. The molecule has 1 amide bonds. The van der Waals surface area contributed by atoms with E-state index in [4.69, 9.17) is 21.8 Å². The van der Waals surface area contributed by atoms with Crippen molar-refractivity contribution in [1.29, 1.82) is 0 Å². The van der Waals surface area contributed by atoms with Crippen LogP contribution in [-0.4, -0.2) is 23.0 Å². The Morgan fingerprint density at radius 1 is 1.23 bits per heavy atom. The minimum atomic E-state index is -0.317. The molecule has 5 nitrogen and oxygen atoms in total. The van der Waals surface area contributed by atoms with Gasteiger partial charge in [-0.2, -0.15) is 0 Å². The van der Waals surface area contributed by atoms with E-state index in [0.717, 1.165) is 18.4 Å². The lowest BCUT2D eigenvalue weighted by Crippen LogP contribution is -2.52. The number of hydrogen-bond donors (Lipinski definition) is 2. The zero-order valence-corrected chi connectivity index (χ0v) is 17.3. The van der Waals surface area contributed by atoms with Gasteiger partial charge >= 0.3 is 0 Å². The number of hydrogen-bond acceptors (Lipinski definition) is 4. The molecule has 1 aromatic heterocycles. The third-order valence-electron chi connectivity index (χ3n) is 4.40. The highest BCUT2D eigenvalue weighted by molar-refractivity contribution is 6.30. The van der Waals surface area contributed by atoms with Gasteiger partial charge < -0.3 is 15.5 Å². The Morgan fingerprint density at radius 3 is 2.38 bits per heavy atom. The van der Waals surface area contributed by atoms with Crippen molar-refractivity contribution in [3.05, 3.63) is 41.4 Å². The molecule has 0 saturated heterocycles. The molecule has 26 heavy (non-hydrogen) atoms. The minimum absolute atomic E-state index is 0. The summed E-state index contributed by atoms with van der Waals surface area (Å²) in [6, 6.07) is 7.34. The van der Waals surface area contributed by atoms with Crippen molar-refractivity contribution >= 4 is 42.3 Å². The molecule has 2 aromatic rings. The Bertz CT molecular complexity index is 662. The van der Waals surface area contributed by atoms with Crippen molar-refractivity contribution in [1.82, 2.24) is 10.3 Å². The number of aromatic nitrogens is 1. The zero-order valence-electron chi connectivity index (χ0n) is 15.0. The van der Waals surface area contributed by atoms with E-state index in [9.17, 15) is 4.79 Å². The first-order valence-corrected chi connectivity index (χ1v) is 8.61. The van der Waals surface area contributed by atoms with Crippen molar-refractivity contribution in [3.8, 4) is 11.3 Å². The highest BCUT2D eigenvalue weighted by Crippen LogP contribution is 2.22. The van der Waals surface area contributed by atoms with E-state index >= 15 is 0 Å². The van der Waals surface area contributed by atoms with Gasteiger partial charge in [0.1, 0.15) is 0 Å². The fourth-order valence-corrected chi connectivity index (χ4v) is 2.64. The number of nitrogens with two attached hydrogens (primary N) is 1. The first-order chi connectivity index (χ1) is 11.5. The van der Waals surface area contributed by atoms with Gasteiger partial charge in [-0.1, -0.05) is 25.4 Å². The molecule has 0 aliphatic rings. The maximum atomic E-state index is 12.2. The van der Waals surface area contributed by atoms with Crippen LogP contribution in [0.25, 0.3) is 11.3 Å². The monoisotopic (exact) mass is 421 g/mol. The fraction of sp³-hybridized carbons (Fsp3) is 0.444. The summed E-state index contributed by atoms with van der Waals surface area (Å²) < 4.78 is 5.71. The summed E-state index contributed by atoms with van der Waals surface area (Å²) in [5.74, 6) is 1.18. The number of amides is 1.